The minimum atomic E-state index is 0.0427. The van der Waals surface area contributed by atoms with E-state index in [4.69, 9.17) is 0 Å². The Labute approximate surface area is 89.4 Å². The van der Waals surface area contributed by atoms with Gasteiger partial charge in [-0.3, -0.25) is 4.79 Å². The first kappa shape index (κ1) is 9.66. The predicted molar refractivity (Wildman–Crippen MR) is 60.8 cm³/mol. The van der Waals surface area contributed by atoms with Crippen molar-refractivity contribution in [3.05, 3.63) is 78.2 Å². The highest BCUT2D eigenvalue weighted by atomic mass is 16.1. The first-order valence-corrected chi connectivity index (χ1v) is 4.79. The summed E-state index contributed by atoms with van der Waals surface area (Å²) in [7, 11) is 0. The molecule has 73 valence electrons. The van der Waals surface area contributed by atoms with Gasteiger partial charge in [0, 0.05) is 11.1 Å². The fourth-order valence-electron chi connectivity index (χ4n) is 1.47. The van der Waals surface area contributed by atoms with Crippen molar-refractivity contribution in [1.82, 2.24) is 0 Å². The monoisotopic (exact) mass is 195 g/mol. The molecule has 0 saturated heterocycles. The topological polar surface area (TPSA) is 17.1 Å². The molecule has 0 fully saturated rings. The molecule has 2 aromatic carbocycles. The van der Waals surface area contributed by atoms with Gasteiger partial charge in [0.25, 0.3) is 0 Å². The van der Waals surface area contributed by atoms with E-state index in [9.17, 15) is 4.79 Å². The van der Waals surface area contributed by atoms with Gasteiger partial charge >= 0.3 is 0 Å². The van der Waals surface area contributed by atoms with Crippen molar-refractivity contribution in [1.29, 1.82) is 0 Å². The van der Waals surface area contributed by atoms with Crippen molar-refractivity contribution in [2.24, 2.45) is 0 Å². The molecule has 1 radical (unpaired) electrons. The molecule has 0 N–H and O–H groups in total. The van der Waals surface area contributed by atoms with Crippen LogP contribution < -0.4 is 0 Å². The van der Waals surface area contributed by atoms with Gasteiger partial charge in [0.05, 0.1) is 0 Å². The van der Waals surface area contributed by atoms with Crippen molar-refractivity contribution in [2.45, 2.75) is 0 Å². The maximum Gasteiger partial charge on any atom is 0.193 e. The lowest BCUT2D eigenvalue weighted by atomic mass is 10.0. The van der Waals surface area contributed by atoms with Crippen molar-refractivity contribution < 1.29 is 4.79 Å². The van der Waals surface area contributed by atoms with Crippen LogP contribution in [0.25, 0.3) is 0 Å². The number of ketones is 1. The second-order valence-corrected chi connectivity index (χ2v) is 3.40. The average Bonchev–Trinajstić information content (AvgIpc) is 2.29. The first-order chi connectivity index (χ1) is 7.27. The Balaban J connectivity index is 2.37. The van der Waals surface area contributed by atoms with Crippen LogP contribution in [0, 0.1) is 6.92 Å². The summed E-state index contributed by atoms with van der Waals surface area (Å²) in [4.78, 5) is 12.0. The number of rotatable bonds is 2. The maximum absolute atomic E-state index is 12.0. The van der Waals surface area contributed by atoms with E-state index < -0.39 is 0 Å². The van der Waals surface area contributed by atoms with Gasteiger partial charge in [-0.05, 0) is 18.6 Å². The maximum atomic E-state index is 12.0. The number of hydrogen-bond donors (Lipinski definition) is 0. The van der Waals surface area contributed by atoms with Crippen LogP contribution in [0.5, 0.6) is 0 Å². The zero-order valence-corrected chi connectivity index (χ0v) is 8.31. The van der Waals surface area contributed by atoms with E-state index in [1.807, 2.05) is 48.5 Å². The number of hydrogen-bond acceptors (Lipinski definition) is 1. The zero-order valence-electron chi connectivity index (χ0n) is 8.31. The minimum Gasteiger partial charge on any atom is -0.289 e. The molecule has 1 heteroatoms. The van der Waals surface area contributed by atoms with Gasteiger partial charge < -0.3 is 0 Å². The summed E-state index contributed by atoms with van der Waals surface area (Å²) in [5.74, 6) is 0.0427. The normalized spacial score (nSPS) is 9.93. The summed E-state index contributed by atoms with van der Waals surface area (Å²) in [5.41, 5.74) is 2.26. The molecule has 0 spiro atoms. The van der Waals surface area contributed by atoms with Crippen LogP contribution in [0.3, 0.4) is 0 Å². The molecule has 15 heavy (non-hydrogen) atoms. The Morgan fingerprint density at radius 2 is 1.53 bits per heavy atom. The molecule has 0 aliphatic carbocycles. The largest absolute Gasteiger partial charge is 0.289 e. The Bertz CT molecular complexity index is 472. The highest BCUT2D eigenvalue weighted by Gasteiger charge is 2.07. The smallest absolute Gasteiger partial charge is 0.193 e. The highest BCUT2D eigenvalue weighted by molar-refractivity contribution is 6.09. The second kappa shape index (κ2) is 4.09. The van der Waals surface area contributed by atoms with E-state index in [1.54, 1.807) is 6.07 Å². The van der Waals surface area contributed by atoms with Gasteiger partial charge in [0.2, 0.25) is 0 Å². The van der Waals surface area contributed by atoms with E-state index in [0.29, 0.717) is 11.1 Å². The fourth-order valence-corrected chi connectivity index (χ4v) is 1.47. The molecule has 0 heterocycles. The summed E-state index contributed by atoms with van der Waals surface area (Å²) in [6.45, 7) is 3.81. The van der Waals surface area contributed by atoms with Crippen LogP contribution in [0.4, 0.5) is 0 Å². The second-order valence-electron chi connectivity index (χ2n) is 3.40. The van der Waals surface area contributed by atoms with Gasteiger partial charge in [0.15, 0.2) is 5.78 Å². The van der Waals surface area contributed by atoms with E-state index in [2.05, 4.69) is 6.92 Å². The first-order valence-electron chi connectivity index (χ1n) is 4.79. The van der Waals surface area contributed by atoms with Gasteiger partial charge in [0.1, 0.15) is 0 Å². The van der Waals surface area contributed by atoms with Crippen LogP contribution in [-0.4, -0.2) is 5.78 Å². The lowest BCUT2D eigenvalue weighted by Crippen LogP contribution is -2.00. The van der Waals surface area contributed by atoms with Gasteiger partial charge in [-0.2, -0.15) is 0 Å². The quantitative estimate of drug-likeness (QED) is 0.673. The Hall–Kier alpha value is -1.89. The third-order valence-corrected chi connectivity index (χ3v) is 2.23. The summed E-state index contributed by atoms with van der Waals surface area (Å²) in [5, 5.41) is 0. The van der Waals surface area contributed by atoms with Crippen molar-refractivity contribution in [3.8, 4) is 0 Å². The number of carbonyl (C=O) groups is 1. The van der Waals surface area contributed by atoms with Crippen molar-refractivity contribution in [2.75, 3.05) is 0 Å². The van der Waals surface area contributed by atoms with Crippen LogP contribution in [0.1, 0.15) is 21.5 Å². The van der Waals surface area contributed by atoms with Crippen LogP contribution >= 0.6 is 0 Å². The van der Waals surface area contributed by atoms with Gasteiger partial charge in [-0.25, -0.2) is 0 Å². The number of benzene rings is 2. The SMILES string of the molecule is [CH2]c1cccc(C(=O)c2ccccc2)c1. The Kier molecular flexibility index (Phi) is 2.64. The molecular weight excluding hydrogens is 184 g/mol. The van der Waals surface area contributed by atoms with Crippen LogP contribution in [-0.2, 0) is 0 Å². The van der Waals surface area contributed by atoms with E-state index in [1.165, 1.54) is 0 Å². The van der Waals surface area contributed by atoms with E-state index in [-0.39, 0.29) is 5.78 Å². The third-order valence-electron chi connectivity index (χ3n) is 2.23. The summed E-state index contributed by atoms with van der Waals surface area (Å²) < 4.78 is 0. The highest BCUT2D eigenvalue weighted by Crippen LogP contribution is 2.10. The minimum absolute atomic E-state index is 0.0427. The van der Waals surface area contributed by atoms with E-state index >= 15 is 0 Å². The molecule has 1 nitrogen and oxygen atoms in total. The molecule has 0 aromatic heterocycles. The molecule has 0 atom stereocenters. The third kappa shape index (κ3) is 2.13. The summed E-state index contributed by atoms with van der Waals surface area (Å²) >= 11 is 0. The van der Waals surface area contributed by atoms with Crippen LogP contribution in [0.15, 0.2) is 54.6 Å². The molecule has 0 bridgehead atoms. The van der Waals surface area contributed by atoms with Gasteiger partial charge in [-0.1, -0.05) is 48.5 Å². The Morgan fingerprint density at radius 1 is 0.867 bits per heavy atom. The Morgan fingerprint density at radius 3 is 2.20 bits per heavy atom. The lowest BCUT2D eigenvalue weighted by molar-refractivity contribution is 0.103. The van der Waals surface area contributed by atoms with Crippen molar-refractivity contribution in [3.63, 3.8) is 0 Å². The summed E-state index contributed by atoms with van der Waals surface area (Å²) in [6.07, 6.45) is 0. The molecule has 2 aromatic rings. The predicted octanol–water partition coefficient (Wildman–Crippen LogP) is 3.10. The number of carbonyl (C=O) groups excluding carboxylic acids is 1. The molecule has 0 saturated carbocycles. The molecule has 2 rings (SSSR count). The molecule has 0 aliphatic heterocycles. The summed E-state index contributed by atoms with van der Waals surface area (Å²) in [6, 6.07) is 16.6. The molecule has 0 unspecified atom stereocenters. The lowest BCUT2D eigenvalue weighted by Gasteiger charge is -2.01. The molecule has 0 amide bonds. The molecule has 0 aliphatic rings. The van der Waals surface area contributed by atoms with Gasteiger partial charge in [-0.15, -0.1) is 0 Å². The zero-order chi connectivity index (χ0) is 10.7. The standard InChI is InChI=1S/C14H11O/c1-11-6-5-9-13(10-11)14(15)12-7-3-2-4-8-12/h2-10H,1H2. The average molecular weight is 195 g/mol. The van der Waals surface area contributed by atoms with Crippen LogP contribution in [0.2, 0.25) is 0 Å². The fraction of sp³-hybridized carbons (Fsp3) is 0. The van der Waals surface area contributed by atoms with Crippen molar-refractivity contribution >= 4 is 5.78 Å². The van der Waals surface area contributed by atoms with E-state index in [0.717, 1.165) is 5.56 Å². The molecular formula is C14H11O.